The van der Waals surface area contributed by atoms with Crippen molar-refractivity contribution in [3.05, 3.63) is 82.3 Å². The van der Waals surface area contributed by atoms with Gasteiger partial charge in [0.2, 0.25) is 12.1 Å². The summed E-state index contributed by atoms with van der Waals surface area (Å²) in [7, 11) is 0. The smallest absolute Gasteiger partial charge is 0.272 e. The molecule has 2 N–H and O–H groups in total. The summed E-state index contributed by atoms with van der Waals surface area (Å²) >= 11 is 1.75. The van der Waals surface area contributed by atoms with E-state index in [4.69, 9.17) is 4.99 Å². The van der Waals surface area contributed by atoms with Crippen molar-refractivity contribution in [3.63, 3.8) is 0 Å². The second kappa shape index (κ2) is 13.1. The molecule has 0 bridgehead atoms. The van der Waals surface area contributed by atoms with Gasteiger partial charge in [-0.05, 0) is 62.4 Å². The van der Waals surface area contributed by atoms with Gasteiger partial charge in [-0.15, -0.1) is 11.3 Å². The Bertz CT molecular complexity index is 1350. The molecule has 2 atom stereocenters. The van der Waals surface area contributed by atoms with Crippen molar-refractivity contribution in [2.24, 2.45) is 10.4 Å². The van der Waals surface area contributed by atoms with Gasteiger partial charge in [0.25, 0.3) is 5.91 Å². The Morgan fingerprint density at radius 3 is 2.52 bits per heavy atom. The average molecular weight is 560 g/mol. The van der Waals surface area contributed by atoms with Crippen molar-refractivity contribution < 1.29 is 14.4 Å². The van der Waals surface area contributed by atoms with Gasteiger partial charge in [0, 0.05) is 22.1 Å². The van der Waals surface area contributed by atoms with Crippen LogP contribution in [0, 0.1) is 5.41 Å². The number of carbonyl (C=O) groups excluding carboxylic acids is 3. The van der Waals surface area contributed by atoms with Gasteiger partial charge in [-0.1, -0.05) is 51.1 Å². The number of ketones is 1. The number of benzene rings is 1. The summed E-state index contributed by atoms with van der Waals surface area (Å²) in [5, 5.41) is 8.17. The van der Waals surface area contributed by atoms with Gasteiger partial charge in [0.05, 0.1) is 29.7 Å². The summed E-state index contributed by atoms with van der Waals surface area (Å²) in [6.07, 6.45) is 3.41. The molecule has 2 amide bonds. The Morgan fingerprint density at radius 2 is 1.82 bits per heavy atom. The van der Waals surface area contributed by atoms with Crippen LogP contribution in [0.1, 0.15) is 56.7 Å². The fourth-order valence-corrected chi connectivity index (χ4v) is 5.08. The van der Waals surface area contributed by atoms with Crippen LogP contribution in [0.3, 0.4) is 0 Å². The first-order chi connectivity index (χ1) is 19.1. The molecule has 1 aliphatic heterocycles. The normalized spacial score (nSPS) is 16.1. The molecule has 3 heterocycles. The molecule has 1 unspecified atom stereocenters. The van der Waals surface area contributed by atoms with Crippen LogP contribution in [-0.4, -0.2) is 53.6 Å². The van der Waals surface area contributed by atoms with Gasteiger partial charge in [0.15, 0.2) is 5.78 Å². The van der Waals surface area contributed by atoms with Crippen molar-refractivity contribution >= 4 is 40.3 Å². The van der Waals surface area contributed by atoms with E-state index in [9.17, 15) is 14.4 Å². The number of anilines is 1. The summed E-state index contributed by atoms with van der Waals surface area (Å²) < 4.78 is 0. The average Bonchev–Trinajstić information content (AvgIpc) is 3.43. The summed E-state index contributed by atoms with van der Waals surface area (Å²) in [5.41, 5.74) is 1.64. The maximum absolute atomic E-state index is 13.9. The standard InChI is InChI=1S/C31H37N5O3S/c1-21(32-17-9-7-12-22-13-11-19-40-22)29(38)35-28-30(39)36(20-26(37)31(2,3)4)25-16-6-5-14-23(25)27(34-28)24-15-8-10-18-33-24/h5-6,8,10-11,13-16,18-19,21,28,32H,7,9,12,17,20H2,1-4H3,(H,35,38)/t21-,28?/m0/s1. The third-order valence-electron chi connectivity index (χ3n) is 6.81. The maximum Gasteiger partial charge on any atom is 0.272 e. The molecule has 1 aromatic carbocycles. The predicted octanol–water partition coefficient (Wildman–Crippen LogP) is 4.39. The number of hydrogen-bond acceptors (Lipinski definition) is 7. The highest BCUT2D eigenvalue weighted by Crippen LogP contribution is 2.29. The zero-order valence-corrected chi connectivity index (χ0v) is 24.3. The number of nitrogens with one attached hydrogen (secondary N) is 2. The van der Waals surface area contributed by atoms with Crippen LogP contribution in [0.25, 0.3) is 0 Å². The largest absolute Gasteiger partial charge is 0.325 e. The molecule has 0 saturated heterocycles. The highest BCUT2D eigenvalue weighted by molar-refractivity contribution is 7.09. The van der Waals surface area contributed by atoms with E-state index in [-0.39, 0.29) is 18.2 Å². The van der Waals surface area contributed by atoms with Gasteiger partial charge >= 0.3 is 0 Å². The van der Waals surface area contributed by atoms with Crippen LogP contribution in [-0.2, 0) is 20.8 Å². The SMILES string of the molecule is C[C@H](NCCCCc1cccs1)C(=O)NC1N=C(c2ccccn2)c2ccccc2N(CC(=O)C(C)(C)C)C1=O. The number of carbonyl (C=O) groups is 3. The molecule has 9 heteroatoms. The third-order valence-corrected chi connectivity index (χ3v) is 7.74. The molecule has 3 aromatic rings. The summed E-state index contributed by atoms with van der Waals surface area (Å²) in [6.45, 7) is 7.80. The predicted molar refractivity (Wildman–Crippen MR) is 160 cm³/mol. The molecule has 0 radical (unpaired) electrons. The Balaban J connectivity index is 1.55. The molecule has 1 aliphatic rings. The van der Waals surface area contributed by atoms with E-state index >= 15 is 0 Å². The number of thiophene rings is 1. The van der Waals surface area contributed by atoms with Crippen LogP contribution < -0.4 is 15.5 Å². The molecular formula is C31H37N5O3S. The molecule has 210 valence electrons. The highest BCUT2D eigenvalue weighted by Gasteiger charge is 2.36. The second-order valence-electron chi connectivity index (χ2n) is 10.9. The summed E-state index contributed by atoms with van der Waals surface area (Å²) in [4.78, 5) is 52.3. The van der Waals surface area contributed by atoms with Crippen molar-refractivity contribution in [1.82, 2.24) is 15.6 Å². The quantitative estimate of drug-likeness (QED) is 0.339. The van der Waals surface area contributed by atoms with E-state index in [2.05, 4.69) is 33.1 Å². The number of nitrogens with zero attached hydrogens (tertiary/aromatic N) is 3. The molecule has 40 heavy (non-hydrogen) atoms. The zero-order valence-electron chi connectivity index (χ0n) is 23.5. The van der Waals surface area contributed by atoms with E-state index in [1.165, 1.54) is 9.78 Å². The first-order valence-corrected chi connectivity index (χ1v) is 14.5. The lowest BCUT2D eigenvalue weighted by Gasteiger charge is -2.28. The minimum Gasteiger partial charge on any atom is -0.325 e. The topological polar surface area (TPSA) is 104 Å². The molecule has 4 rings (SSSR count). The van der Waals surface area contributed by atoms with E-state index in [0.29, 0.717) is 29.2 Å². The fraction of sp³-hybridized carbons (Fsp3) is 0.387. The van der Waals surface area contributed by atoms with E-state index < -0.39 is 23.5 Å². The number of aromatic nitrogens is 1. The van der Waals surface area contributed by atoms with Gasteiger partial charge in [-0.3, -0.25) is 19.4 Å². The lowest BCUT2D eigenvalue weighted by Crippen LogP contribution is -2.53. The number of fused-ring (bicyclic) bond motifs is 1. The summed E-state index contributed by atoms with van der Waals surface area (Å²) in [6, 6.07) is 16.5. The molecule has 0 saturated carbocycles. The van der Waals surface area contributed by atoms with Crippen LogP contribution in [0.15, 0.2) is 71.2 Å². The summed E-state index contributed by atoms with van der Waals surface area (Å²) in [5.74, 6) is -0.902. The van der Waals surface area contributed by atoms with E-state index in [1.54, 1.807) is 36.6 Å². The molecule has 2 aromatic heterocycles. The molecular weight excluding hydrogens is 522 g/mol. The van der Waals surface area contributed by atoms with E-state index in [0.717, 1.165) is 19.3 Å². The molecule has 8 nitrogen and oxygen atoms in total. The minimum absolute atomic E-state index is 0.0976. The van der Waals surface area contributed by atoms with Crippen LogP contribution in [0.5, 0.6) is 0 Å². The number of pyridine rings is 1. The second-order valence-corrected chi connectivity index (χ2v) is 12.0. The lowest BCUT2D eigenvalue weighted by atomic mass is 9.90. The lowest BCUT2D eigenvalue weighted by molar-refractivity contribution is -0.129. The Hall–Kier alpha value is -3.69. The number of unbranched alkanes of at least 4 members (excludes halogenated alkanes) is 1. The number of hydrogen-bond donors (Lipinski definition) is 2. The number of amides is 2. The number of Topliss-reactive ketones (excluding diaryl/α,β-unsaturated/α-hetero) is 1. The van der Waals surface area contributed by atoms with Crippen molar-refractivity contribution in [3.8, 4) is 0 Å². The van der Waals surface area contributed by atoms with Crippen molar-refractivity contribution in [2.45, 2.75) is 59.2 Å². The molecule has 0 spiro atoms. The van der Waals surface area contributed by atoms with Crippen LogP contribution in [0.4, 0.5) is 5.69 Å². The number of aliphatic imine (C=N–C) groups is 1. The molecule has 0 aliphatic carbocycles. The van der Waals surface area contributed by atoms with Gasteiger partial charge in [-0.25, -0.2) is 4.99 Å². The highest BCUT2D eigenvalue weighted by atomic mass is 32.1. The number of aryl methyl sites for hydroxylation is 1. The monoisotopic (exact) mass is 559 g/mol. The van der Waals surface area contributed by atoms with E-state index in [1.807, 2.05) is 51.1 Å². The van der Waals surface area contributed by atoms with Gasteiger partial charge < -0.3 is 15.5 Å². The minimum atomic E-state index is -1.22. The van der Waals surface area contributed by atoms with Crippen molar-refractivity contribution in [2.75, 3.05) is 18.0 Å². The number of para-hydroxylation sites is 1. The first-order valence-electron chi connectivity index (χ1n) is 13.6. The molecule has 0 fully saturated rings. The Morgan fingerprint density at radius 1 is 1.05 bits per heavy atom. The Kier molecular flexibility index (Phi) is 9.60. The van der Waals surface area contributed by atoms with Crippen LogP contribution in [0.2, 0.25) is 0 Å². The van der Waals surface area contributed by atoms with Crippen molar-refractivity contribution in [1.29, 1.82) is 0 Å². The van der Waals surface area contributed by atoms with Gasteiger partial charge in [0.1, 0.15) is 0 Å². The Labute approximate surface area is 239 Å². The zero-order chi connectivity index (χ0) is 28.7. The van der Waals surface area contributed by atoms with Gasteiger partial charge in [-0.2, -0.15) is 0 Å². The first kappa shape index (κ1) is 29.3. The van der Waals surface area contributed by atoms with Crippen LogP contribution >= 0.6 is 11.3 Å². The third kappa shape index (κ3) is 7.28. The maximum atomic E-state index is 13.9. The number of benzodiazepines with no additional fused rings is 1. The fourth-order valence-electron chi connectivity index (χ4n) is 4.32. The number of rotatable bonds is 11.